The van der Waals surface area contributed by atoms with E-state index in [0.29, 0.717) is 18.4 Å². The first-order valence-electron chi connectivity index (χ1n) is 13.5. The van der Waals surface area contributed by atoms with Crippen molar-refractivity contribution in [3.8, 4) is 0 Å². The van der Waals surface area contributed by atoms with Gasteiger partial charge in [-0.1, -0.05) is 41.7 Å². The zero-order valence-corrected chi connectivity index (χ0v) is 22.0. The van der Waals surface area contributed by atoms with E-state index in [9.17, 15) is 5.11 Å². The molecule has 1 aliphatic carbocycles. The molecule has 0 atom stereocenters. The lowest BCUT2D eigenvalue weighted by atomic mass is 9.93. The fourth-order valence-corrected chi connectivity index (χ4v) is 6.33. The molecule has 1 aromatic carbocycles. The molecule has 2 N–H and O–H groups in total. The number of aliphatic hydroxyl groups is 1. The van der Waals surface area contributed by atoms with Crippen LogP contribution in [-0.2, 0) is 12.8 Å². The van der Waals surface area contributed by atoms with E-state index in [1.165, 1.54) is 24.8 Å². The van der Waals surface area contributed by atoms with Crippen molar-refractivity contribution in [3.05, 3.63) is 70.5 Å². The third-order valence-corrected chi connectivity index (χ3v) is 8.35. The number of pyridine rings is 1. The van der Waals surface area contributed by atoms with Gasteiger partial charge in [0, 0.05) is 32.0 Å². The number of nitrogens with zero attached hydrogens (tertiary/aromatic N) is 5. The van der Waals surface area contributed by atoms with Gasteiger partial charge >= 0.3 is 0 Å². The monoisotopic (exact) mass is 514 g/mol. The minimum Gasteiger partial charge on any atom is -0.393 e. The van der Waals surface area contributed by atoms with Crippen LogP contribution in [0.2, 0.25) is 0 Å². The number of hydrogen-bond donors (Lipinski definition) is 2. The second-order valence-corrected chi connectivity index (χ2v) is 11.4. The molecule has 8 heteroatoms. The predicted octanol–water partition coefficient (Wildman–Crippen LogP) is 5.37. The number of hydrogen-bond acceptors (Lipinski definition) is 8. The lowest BCUT2D eigenvalue weighted by Gasteiger charge is -2.27. The lowest BCUT2D eigenvalue weighted by molar-refractivity contribution is 0.126. The van der Waals surface area contributed by atoms with Crippen LogP contribution >= 0.6 is 11.3 Å². The molecule has 0 bridgehead atoms. The summed E-state index contributed by atoms with van der Waals surface area (Å²) in [5.74, 6) is 1.75. The Labute approximate surface area is 222 Å². The fraction of sp³-hybridized carbons (Fsp3) is 0.448. The summed E-state index contributed by atoms with van der Waals surface area (Å²) in [6.45, 7) is 2.18. The number of anilines is 2. The number of piperidine rings is 1. The molecule has 1 aliphatic heterocycles. The molecule has 7 nitrogen and oxygen atoms in total. The molecule has 0 spiro atoms. The average Bonchev–Trinajstić information content (AvgIpc) is 3.32. The highest BCUT2D eigenvalue weighted by Gasteiger charge is 2.21. The first kappa shape index (κ1) is 24.2. The second-order valence-electron chi connectivity index (χ2n) is 10.3. The van der Waals surface area contributed by atoms with Gasteiger partial charge in [-0.2, -0.15) is 0 Å². The largest absolute Gasteiger partial charge is 0.393 e. The molecule has 3 aromatic heterocycles. The fourth-order valence-electron chi connectivity index (χ4n) is 5.39. The summed E-state index contributed by atoms with van der Waals surface area (Å²) in [5.41, 5.74) is 4.16. The molecule has 4 heterocycles. The maximum atomic E-state index is 9.89. The highest BCUT2D eigenvalue weighted by Crippen LogP contribution is 2.27. The standard InChI is InChI=1S/C29H34N6OS/c36-24-11-9-21(10-12-24)30-29-31-22(17-20-7-3-1-4-8-20)18-23(32-29)19-27-33-25-13-14-26(34-28(25)37-27)35-15-5-2-6-16-35/h1,3-4,7-8,13-14,18,21,24,36H,2,5-6,9-12,15-17,19H2,(H,30,31,32). The zero-order chi connectivity index (χ0) is 25.0. The Morgan fingerprint density at radius 3 is 2.38 bits per heavy atom. The van der Waals surface area contributed by atoms with E-state index in [1.807, 2.05) is 6.07 Å². The van der Waals surface area contributed by atoms with Gasteiger partial charge in [-0.05, 0) is 68.7 Å². The van der Waals surface area contributed by atoms with Crippen LogP contribution in [0, 0.1) is 0 Å². The number of aromatic nitrogens is 4. The van der Waals surface area contributed by atoms with Gasteiger partial charge in [-0.25, -0.2) is 19.9 Å². The molecule has 0 unspecified atom stereocenters. The summed E-state index contributed by atoms with van der Waals surface area (Å²) in [4.78, 5) is 23.0. The van der Waals surface area contributed by atoms with E-state index >= 15 is 0 Å². The Morgan fingerprint density at radius 1 is 0.838 bits per heavy atom. The minimum atomic E-state index is -0.179. The highest BCUT2D eigenvalue weighted by molar-refractivity contribution is 7.18. The molecule has 0 radical (unpaired) electrons. The van der Waals surface area contributed by atoms with Gasteiger partial charge in [0.2, 0.25) is 5.95 Å². The number of fused-ring (bicyclic) bond motifs is 1. The van der Waals surface area contributed by atoms with Crippen molar-refractivity contribution in [1.29, 1.82) is 0 Å². The van der Waals surface area contributed by atoms with Crippen LogP contribution in [0.4, 0.5) is 11.8 Å². The van der Waals surface area contributed by atoms with E-state index in [2.05, 4.69) is 52.7 Å². The van der Waals surface area contributed by atoms with Crippen LogP contribution in [-0.4, -0.2) is 50.3 Å². The highest BCUT2D eigenvalue weighted by atomic mass is 32.1. The molecule has 0 amide bonds. The molecule has 1 saturated heterocycles. The number of benzene rings is 1. The quantitative estimate of drug-likeness (QED) is 0.343. The summed E-state index contributed by atoms with van der Waals surface area (Å²) in [7, 11) is 0. The van der Waals surface area contributed by atoms with E-state index < -0.39 is 0 Å². The van der Waals surface area contributed by atoms with Crippen molar-refractivity contribution in [2.75, 3.05) is 23.3 Å². The molecule has 2 aliphatic rings. The third kappa shape index (κ3) is 6.08. The van der Waals surface area contributed by atoms with Crippen LogP contribution in [0.3, 0.4) is 0 Å². The third-order valence-electron chi connectivity index (χ3n) is 7.39. The van der Waals surface area contributed by atoms with Crippen LogP contribution in [0.1, 0.15) is 66.9 Å². The van der Waals surface area contributed by atoms with E-state index in [4.69, 9.17) is 19.9 Å². The van der Waals surface area contributed by atoms with Crippen molar-refractivity contribution >= 4 is 33.5 Å². The van der Waals surface area contributed by atoms with Gasteiger partial charge in [0.15, 0.2) is 0 Å². The molecule has 192 valence electrons. The van der Waals surface area contributed by atoms with Crippen LogP contribution < -0.4 is 10.2 Å². The Morgan fingerprint density at radius 2 is 1.59 bits per heavy atom. The van der Waals surface area contributed by atoms with Gasteiger partial charge in [0.25, 0.3) is 0 Å². The molecule has 37 heavy (non-hydrogen) atoms. The second kappa shape index (κ2) is 11.1. The number of rotatable bonds is 7. The van der Waals surface area contributed by atoms with Crippen molar-refractivity contribution in [2.24, 2.45) is 0 Å². The summed E-state index contributed by atoms with van der Waals surface area (Å²) in [6.07, 6.45) is 8.55. The zero-order valence-electron chi connectivity index (χ0n) is 21.1. The van der Waals surface area contributed by atoms with Crippen LogP contribution in [0.5, 0.6) is 0 Å². The van der Waals surface area contributed by atoms with Gasteiger partial charge in [-0.15, -0.1) is 0 Å². The Hall–Kier alpha value is -3.10. The van der Waals surface area contributed by atoms with Gasteiger partial charge in [0.1, 0.15) is 21.2 Å². The van der Waals surface area contributed by atoms with Crippen molar-refractivity contribution in [1.82, 2.24) is 19.9 Å². The van der Waals surface area contributed by atoms with Gasteiger partial charge in [-0.3, -0.25) is 0 Å². The Bertz CT molecular complexity index is 1330. The van der Waals surface area contributed by atoms with E-state index in [1.54, 1.807) is 11.3 Å². The van der Waals surface area contributed by atoms with Gasteiger partial charge < -0.3 is 15.3 Å². The lowest BCUT2D eigenvalue weighted by Crippen LogP contribution is -2.29. The average molecular weight is 515 g/mol. The van der Waals surface area contributed by atoms with E-state index in [-0.39, 0.29) is 6.10 Å². The van der Waals surface area contributed by atoms with Gasteiger partial charge in [0.05, 0.1) is 17.5 Å². The normalized spacial score (nSPS) is 20.3. The molecule has 6 rings (SSSR count). The molecular formula is C29H34N6OS. The maximum Gasteiger partial charge on any atom is 0.223 e. The summed E-state index contributed by atoms with van der Waals surface area (Å²) in [5, 5.41) is 14.5. The van der Waals surface area contributed by atoms with Crippen molar-refractivity contribution in [2.45, 2.75) is 69.9 Å². The molecule has 4 aromatic rings. The Kier molecular flexibility index (Phi) is 7.28. The van der Waals surface area contributed by atoms with E-state index in [0.717, 1.165) is 77.8 Å². The molecular weight excluding hydrogens is 480 g/mol. The summed E-state index contributed by atoms with van der Waals surface area (Å²) in [6, 6.07) is 17.1. The molecule has 1 saturated carbocycles. The van der Waals surface area contributed by atoms with Crippen molar-refractivity contribution in [3.63, 3.8) is 0 Å². The Balaban J connectivity index is 1.24. The summed E-state index contributed by atoms with van der Waals surface area (Å²) < 4.78 is 0. The SMILES string of the molecule is OC1CCC(Nc2nc(Cc3ccccc3)cc(Cc3nc4ccc(N5CCCCC5)nc4s3)n2)CC1. The number of nitrogens with one attached hydrogen (secondary N) is 1. The smallest absolute Gasteiger partial charge is 0.223 e. The number of thiazole rings is 1. The van der Waals surface area contributed by atoms with Crippen LogP contribution in [0.25, 0.3) is 10.3 Å². The predicted molar refractivity (Wildman–Crippen MR) is 149 cm³/mol. The topological polar surface area (TPSA) is 87.1 Å². The maximum absolute atomic E-state index is 9.89. The number of aliphatic hydroxyl groups excluding tert-OH is 1. The van der Waals surface area contributed by atoms with Crippen LogP contribution in [0.15, 0.2) is 48.5 Å². The first-order valence-corrected chi connectivity index (χ1v) is 14.4. The first-order chi connectivity index (χ1) is 18.2. The molecule has 2 fully saturated rings. The summed E-state index contributed by atoms with van der Waals surface area (Å²) >= 11 is 1.66. The van der Waals surface area contributed by atoms with Crippen molar-refractivity contribution < 1.29 is 5.11 Å². The minimum absolute atomic E-state index is 0.179.